The Kier molecular flexibility index (Phi) is 6.97. The molecule has 0 spiro atoms. The van der Waals surface area contributed by atoms with Crippen molar-refractivity contribution in [1.82, 2.24) is 10.3 Å². The van der Waals surface area contributed by atoms with Crippen molar-refractivity contribution in [2.75, 3.05) is 13.7 Å². The highest BCUT2D eigenvalue weighted by molar-refractivity contribution is 7.13. The van der Waals surface area contributed by atoms with Gasteiger partial charge in [-0.05, 0) is 44.5 Å². The molecule has 0 bridgehead atoms. The average Bonchev–Trinajstić information content (AvgIpc) is 3.01. The minimum atomic E-state index is -1.000. The maximum atomic E-state index is 12.0. The second kappa shape index (κ2) is 9.19. The summed E-state index contributed by atoms with van der Waals surface area (Å²) in [6.07, 6.45) is 0.887. The highest BCUT2D eigenvalue weighted by Gasteiger charge is 2.19. The molecule has 1 aromatic carbocycles. The molecule has 0 radical (unpaired) electrons. The van der Waals surface area contributed by atoms with Gasteiger partial charge in [0.1, 0.15) is 21.4 Å². The summed E-state index contributed by atoms with van der Waals surface area (Å²) in [6, 6.07) is 6.91. The number of carboxylic acids is 1. The van der Waals surface area contributed by atoms with Gasteiger partial charge in [0.15, 0.2) is 0 Å². The number of benzene rings is 1. The lowest BCUT2D eigenvalue weighted by molar-refractivity contribution is -0.121. The van der Waals surface area contributed by atoms with E-state index < -0.39 is 5.97 Å². The summed E-state index contributed by atoms with van der Waals surface area (Å²) in [5.74, 6) is 0.356. The maximum Gasteiger partial charge on any atom is 0.347 e. The number of nitrogens with one attached hydrogen (secondary N) is 1. The van der Waals surface area contributed by atoms with E-state index in [0.29, 0.717) is 30.2 Å². The third-order valence-electron chi connectivity index (χ3n) is 3.63. The molecule has 8 heteroatoms. The number of ether oxygens (including phenoxy) is 2. The van der Waals surface area contributed by atoms with Gasteiger partial charge >= 0.3 is 5.97 Å². The molecule has 26 heavy (non-hydrogen) atoms. The highest BCUT2D eigenvalue weighted by atomic mass is 32.1. The molecule has 2 rings (SSSR count). The Bertz CT molecular complexity index is 757. The van der Waals surface area contributed by atoms with Crippen molar-refractivity contribution >= 4 is 23.2 Å². The van der Waals surface area contributed by atoms with E-state index in [-0.39, 0.29) is 16.8 Å². The molecule has 1 amide bonds. The van der Waals surface area contributed by atoms with Crippen LogP contribution in [-0.4, -0.2) is 35.7 Å². The fourth-order valence-corrected chi connectivity index (χ4v) is 3.18. The Morgan fingerprint density at radius 2 is 1.92 bits per heavy atom. The van der Waals surface area contributed by atoms with E-state index in [1.165, 1.54) is 0 Å². The van der Waals surface area contributed by atoms with E-state index in [1.54, 1.807) is 21.0 Å². The Labute approximate surface area is 156 Å². The number of nitrogens with zero attached hydrogens (tertiary/aromatic N) is 1. The molecule has 0 saturated carbocycles. The van der Waals surface area contributed by atoms with E-state index in [2.05, 4.69) is 10.3 Å². The van der Waals surface area contributed by atoms with E-state index in [4.69, 9.17) is 14.6 Å². The number of carbonyl (C=O) groups excluding carboxylic acids is 1. The van der Waals surface area contributed by atoms with Crippen LogP contribution in [0.1, 0.15) is 46.2 Å². The molecule has 0 fully saturated rings. The van der Waals surface area contributed by atoms with Gasteiger partial charge in [0.05, 0.1) is 25.5 Å². The highest BCUT2D eigenvalue weighted by Crippen LogP contribution is 2.23. The molecule has 1 unspecified atom stereocenters. The zero-order valence-electron chi connectivity index (χ0n) is 14.9. The van der Waals surface area contributed by atoms with Gasteiger partial charge in [-0.25, -0.2) is 9.78 Å². The van der Waals surface area contributed by atoms with Crippen molar-refractivity contribution in [3.63, 3.8) is 0 Å². The first-order chi connectivity index (χ1) is 12.4. The smallest absolute Gasteiger partial charge is 0.347 e. The molecule has 2 N–H and O–H groups in total. The molecule has 0 saturated heterocycles. The van der Waals surface area contributed by atoms with E-state index in [0.717, 1.165) is 22.8 Å². The quantitative estimate of drug-likeness (QED) is 0.650. The number of hydrogen-bond acceptors (Lipinski definition) is 6. The van der Waals surface area contributed by atoms with Crippen LogP contribution in [0.3, 0.4) is 0 Å². The molecular formula is C18H22N2O5S. The Balaban J connectivity index is 1.74. The number of aromatic carboxylic acids is 1. The summed E-state index contributed by atoms with van der Waals surface area (Å²) in [5, 5.41) is 12.5. The minimum Gasteiger partial charge on any atom is -0.497 e. The van der Waals surface area contributed by atoms with Gasteiger partial charge in [-0.2, -0.15) is 0 Å². The monoisotopic (exact) mass is 378 g/mol. The molecule has 1 heterocycles. The number of carbonyl (C=O) groups is 2. The van der Waals surface area contributed by atoms with Gasteiger partial charge in [0.2, 0.25) is 5.91 Å². The molecule has 0 aliphatic carbocycles. The number of aryl methyl sites for hydroxylation is 1. The summed E-state index contributed by atoms with van der Waals surface area (Å²) in [5.41, 5.74) is 0.464. The lowest BCUT2D eigenvalue weighted by Gasteiger charge is -2.11. The van der Waals surface area contributed by atoms with Crippen molar-refractivity contribution in [2.24, 2.45) is 0 Å². The van der Waals surface area contributed by atoms with Crippen LogP contribution in [-0.2, 0) is 4.79 Å². The van der Waals surface area contributed by atoms with E-state index in [9.17, 15) is 9.59 Å². The number of methoxy groups -OCH3 is 1. The third-order valence-corrected chi connectivity index (χ3v) is 4.96. The number of amides is 1. The van der Waals surface area contributed by atoms with Crippen molar-refractivity contribution in [3.8, 4) is 11.5 Å². The van der Waals surface area contributed by atoms with Crippen LogP contribution < -0.4 is 14.8 Å². The number of thiazole rings is 1. The van der Waals surface area contributed by atoms with Crippen molar-refractivity contribution in [2.45, 2.75) is 32.7 Å². The third kappa shape index (κ3) is 5.45. The number of carboxylic acid groups (broad SMARTS) is 1. The molecular weight excluding hydrogens is 356 g/mol. The first-order valence-corrected chi connectivity index (χ1v) is 8.99. The van der Waals surface area contributed by atoms with Crippen molar-refractivity contribution in [3.05, 3.63) is 39.8 Å². The van der Waals surface area contributed by atoms with Crippen LogP contribution in [0.15, 0.2) is 24.3 Å². The Morgan fingerprint density at radius 3 is 2.50 bits per heavy atom. The van der Waals surface area contributed by atoms with Gasteiger partial charge < -0.3 is 19.9 Å². The summed E-state index contributed by atoms with van der Waals surface area (Å²) >= 11 is 1.09. The topological polar surface area (TPSA) is 97.8 Å². The molecule has 1 aromatic heterocycles. The second-order valence-electron chi connectivity index (χ2n) is 5.69. The number of hydrogen-bond donors (Lipinski definition) is 2. The summed E-state index contributed by atoms with van der Waals surface area (Å²) in [6.45, 7) is 3.86. The van der Waals surface area contributed by atoms with Gasteiger partial charge in [0.25, 0.3) is 0 Å². The maximum absolute atomic E-state index is 12.0. The average molecular weight is 378 g/mol. The summed E-state index contributed by atoms with van der Waals surface area (Å²) in [4.78, 5) is 27.5. The molecule has 0 aliphatic heterocycles. The standard InChI is InChI=1S/C18H22N2O5S/c1-11-16(18(22)23)26-17(20-11)12(2)19-15(21)5-4-10-25-14-8-6-13(24-3)7-9-14/h6-9,12H,4-5,10H2,1-3H3,(H,19,21)(H,22,23). The predicted octanol–water partition coefficient (Wildman–Crippen LogP) is 3.19. The van der Waals surface area contributed by atoms with Crippen LogP contribution in [0.4, 0.5) is 0 Å². The first-order valence-electron chi connectivity index (χ1n) is 8.17. The minimum absolute atomic E-state index is 0.124. The van der Waals surface area contributed by atoms with Crippen molar-refractivity contribution < 1.29 is 24.2 Å². The lowest BCUT2D eigenvalue weighted by atomic mass is 10.2. The Hall–Kier alpha value is -2.61. The van der Waals surface area contributed by atoms with Crippen LogP contribution in [0.2, 0.25) is 0 Å². The fourth-order valence-electron chi connectivity index (χ4n) is 2.27. The molecule has 2 aromatic rings. The fraction of sp³-hybridized carbons (Fsp3) is 0.389. The van der Waals surface area contributed by atoms with Crippen LogP contribution in [0.5, 0.6) is 11.5 Å². The zero-order valence-corrected chi connectivity index (χ0v) is 15.8. The summed E-state index contributed by atoms with van der Waals surface area (Å²) < 4.78 is 10.7. The first kappa shape index (κ1) is 19.7. The molecule has 1 atom stereocenters. The van der Waals surface area contributed by atoms with Crippen LogP contribution in [0.25, 0.3) is 0 Å². The van der Waals surface area contributed by atoms with Crippen LogP contribution in [0, 0.1) is 6.92 Å². The molecule has 140 valence electrons. The second-order valence-corrected chi connectivity index (χ2v) is 6.72. The van der Waals surface area contributed by atoms with Gasteiger partial charge in [-0.3, -0.25) is 4.79 Å². The SMILES string of the molecule is COc1ccc(OCCCC(=O)NC(C)c2nc(C)c(C(=O)O)s2)cc1. The van der Waals surface area contributed by atoms with Gasteiger partial charge in [-0.15, -0.1) is 11.3 Å². The van der Waals surface area contributed by atoms with E-state index in [1.807, 2.05) is 24.3 Å². The lowest BCUT2D eigenvalue weighted by Crippen LogP contribution is -2.26. The largest absolute Gasteiger partial charge is 0.497 e. The van der Waals surface area contributed by atoms with Crippen molar-refractivity contribution in [1.29, 1.82) is 0 Å². The number of rotatable bonds is 9. The van der Waals surface area contributed by atoms with Gasteiger partial charge in [0, 0.05) is 6.42 Å². The molecule has 0 aliphatic rings. The van der Waals surface area contributed by atoms with E-state index >= 15 is 0 Å². The number of aromatic nitrogens is 1. The molecule has 7 nitrogen and oxygen atoms in total. The summed E-state index contributed by atoms with van der Waals surface area (Å²) in [7, 11) is 1.60. The van der Waals surface area contributed by atoms with Gasteiger partial charge in [-0.1, -0.05) is 0 Å². The normalized spacial score (nSPS) is 11.7. The zero-order chi connectivity index (χ0) is 19.1. The van der Waals surface area contributed by atoms with Crippen LogP contribution >= 0.6 is 11.3 Å². The Morgan fingerprint density at radius 1 is 1.27 bits per heavy atom. The predicted molar refractivity (Wildman–Crippen MR) is 98.1 cm³/mol.